The summed E-state index contributed by atoms with van der Waals surface area (Å²) in [5.74, 6) is -0.573. The zero-order chi connectivity index (χ0) is 67.2. The normalized spacial score (nSPS) is 14.4. The summed E-state index contributed by atoms with van der Waals surface area (Å²) >= 11 is 0. The van der Waals surface area contributed by atoms with Crippen molar-refractivity contribution < 1.29 is 80.2 Å². The third-order valence-electron chi connectivity index (χ3n) is 17.1. The monoisotopic (exact) mass is 1340 g/mol. The quantitative estimate of drug-likeness (QED) is 0.0222. The van der Waals surface area contributed by atoms with Gasteiger partial charge in [-0.3, -0.25) is 37.3 Å². The predicted molar refractivity (Wildman–Crippen MR) is 368 cm³/mol. The summed E-state index contributed by atoms with van der Waals surface area (Å²) in [6, 6.07) is 0. The second-order valence-electron chi connectivity index (χ2n) is 26.7. The second-order valence-corrected chi connectivity index (χ2v) is 29.6. The number of unbranched alkanes of at least 4 members (excludes halogenated alkanes) is 40. The highest BCUT2D eigenvalue weighted by atomic mass is 31.2. The largest absolute Gasteiger partial charge is 0.472 e. The molecule has 0 aliphatic heterocycles. The average Bonchev–Trinajstić information content (AvgIpc) is 3.69. The molecule has 3 N–H and O–H groups in total. The Morgan fingerprint density at radius 2 is 0.560 bits per heavy atom. The minimum Gasteiger partial charge on any atom is -0.462 e. The van der Waals surface area contributed by atoms with E-state index >= 15 is 0 Å². The third kappa shape index (κ3) is 65.1. The van der Waals surface area contributed by atoms with Crippen LogP contribution in [0.5, 0.6) is 0 Å². The highest BCUT2D eigenvalue weighted by molar-refractivity contribution is 7.47. The first-order valence-electron chi connectivity index (χ1n) is 37.5. The van der Waals surface area contributed by atoms with E-state index in [0.717, 1.165) is 108 Å². The lowest BCUT2D eigenvalue weighted by molar-refractivity contribution is -0.161. The third-order valence-corrected chi connectivity index (χ3v) is 19.0. The summed E-state index contributed by atoms with van der Waals surface area (Å²) < 4.78 is 68.3. The van der Waals surface area contributed by atoms with Crippen LogP contribution < -0.4 is 0 Å². The van der Waals surface area contributed by atoms with E-state index in [1.165, 1.54) is 180 Å². The van der Waals surface area contributed by atoms with E-state index in [9.17, 15) is 43.2 Å². The van der Waals surface area contributed by atoms with E-state index in [2.05, 4.69) is 41.5 Å². The number of phosphoric acid groups is 2. The molecule has 0 aromatic carbocycles. The number of hydrogen-bond donors (Lipinski definition) is 3. The number of phosphoric ester groups is 2. The van der Waals surface area contributed by atoms with Gasteiger partial charge in [0.1, 0.15) is 19.3 Å². The summed E-state index contributed by atoms with van der Waals surface area (Å²) in [7, 11) is -9.90. The van der Waals surface area contributed by atoms with Crippen molar-refractivity contribution in [3.8, 4) is 0 Å². The summed E-state index contributed by atoms with van der Waals surface area (Å²) in [5, 5.41) is 10.6. The van der Waals surface area contributed by atoms with Crippen LogP contribution >= 0.6 is 15.6 Å². The number of carbonyl (C=O) groups excluding carboxylic acids is 4. The molecule has 0 aliphatic carbocycles. The van der Waals surface area contributed by atoms with Crippen molar-refractivity contribution in [2.75, 3.05) is 39.6 Å². The Kier molecular flexibility index (Phi) is 62.7. The van der Waals surface area contributed by atoms with Crippen LogP contribution in [0.2, 0.25) is 0 Å². The van der Waals surface area contributed by atoms with Crippen LogP contribution in [0.25, 0.3) is 0 Å². The summed E-state index contributed by atoms with van der Waals surface area (Å²) in [4.78, 5) is 72.5. The molecule has 19 heteroatoms. The molecule has 0 aromatic rings. The van der Waals surface area contributed by atoms with Crippen molar-refractivity contribution in [2.24, 2.45) is 11.8 Å². The smallest absolute Gasteiger partial charge is 0.462 e. The Labute approximate surface area is 556 Å². The van der Waals surface area contributed by atoms with Gasteiger partial charge in [-0.25, -0.2) is 9.13 Å². The first-order chi connectivity index (χ1) is 43.9. The minimum absolute atomic E-state index is 0.106. The Balaban J connectivity index is 5.15. The number of ether oxygens (including phenoxy) is 4. The van der Waals surface area contributed by atoms with E-state index in [1.807, 2.05) is 0 Å². The molecule has 0 fully saturated rings. The molecule has 0 rings (SSSR count). The molecular weight excluding hydrogens is 1200 g/mol. The molecule has 0 saturated carbocycles. The Morgan fingerprint density at radius 3 is 0.835 bits per heavy atom. The van der Waals surface area contributed by atoms with Gasteiger partial charge in [-0.2, -0.15) is 0 Å². The van der Waals surface area contributed by atoms with E-state index in [0.29, 0.717) is 25.7 Å². The lowest BCUT2D eigenvalue weighted by Gasteiger charge is -2.21. The molecule has 0 aromatic heterocycles. The van der Waals surface area contributed by atoms with Crippen LogP contribution in [0.15, 0.2) is 0 Å². The standard InChI is InChI=1S/C72H140O17P2/c1-7-10-12-14-16-18-31-35-42-48-54-69(74)82-60-67(88-71(76)56-50-44-36-32-19-17-15-13-11-8-2)62-86-90(78,79)84-58-66(73)59-85-91(80,81)87-63-68(61-83-70(75)55-49-43-39-38-41-47-53-65(6)9-3)89-72(77)57-51-45-37-33-29-27-25-23-21-20-22-24-26-28-30-34-40-46-52-64(4)5/h64-68,73H,7-63H2,1-6H3,(H,78,79)(H,80,81)/t65?,66-,67+,68+/m0/s1. The van der Waals surface area contributed by atoms with E-state index in [-0.39, 0.29) is 25.7 Å². The average molecular weight is 1340 g/mol. The van der Waals surface area contributed by atoms with Gasteiger partial charge in [-0.05, 0) is 37.5 Å². The van der Waals surface area contributed by atoms with Gasteiger partial charge in [0.2, 0.25) is 0 Å². The molecule has 6 atom stereocenters. The van der Waals surface area contributed by atoms with E-state index in [1.54, 1.807) is 0 Å². The molecule has 0 radical (unpaired) electrons. The maximum Gasteiger partial charge on any atom is 0.472 e. The summed E-state index contributed by atoms with van der Waals surface area (Å²) in [6.45, 7) is 9.54. The highest BCUT2D eigenvalue weighted by Gasteiger charge is 2.30. The molecule has 0 spiro atoms. The van der Waals surface area contributed by atoms with Crippen molar-refractivity contribution in [2.45, 2.75) is 387 Å². The predicted octanol–water partition coefficient (Wildman–Crippen LogP) is 20.8. The van der Waals surface area contributed by atoms with Crippen molar-refractivity contribution in [1.82, 2.24) is 0 Å². The molecule has 0 amide bonds. The van der Waals surface area contributed by atoms with Gasteiger partial charge in [0, 0.05) is 25.7 Å². The van der Waals surface area contributed by atoms with Crippen LogP contribution in [0.3, 0.4) is 0 Å². The van der Waals surface area contributed by atoms with E-state index in [4.69, 9.17) is 37.0 Å². The number of rotatable bonds is 71. The van der Waals surface area contributed by atoms with Gasteiger partial charge in [-0.15, -0.1) is 0 Å². The number of esters is 4. The molecule has 0 aliphatic rings. The van der Waals surface area contributed by atoms with Crippen LogP contribution in [0, 0.1) is 11.8 Å². The van der Waals surface area contributed by atoms with Gasteiger partial charge in [0.25, 0.3) is 0 Å². The van der Waals surface area contributed by atoms with Crippen molar-refractivity contribution >= 4 is 39.5 Å². The van der Waals surface area contributed by atoms with Gasteiger partial charge in [-0.1, -0.05) is 318 Å². The molecule has 17 nitrogen and oxygen atoms in total. The zero-order valence-electron chi connectivity index (χ0n) is 59.1. The lowest BCUT2D eigenvalue weighted by atomic mass is 10.00. The SMILES string of the molecule is CCCCCCCCCCCCC(=O)OC[C@H](COP(=O)(O)OC[C@H](O)COP(=O)(O)OC[C@@H](COC(=O)CCCCCCCCC(C)CC)OC(=O)CCCCCCCCCCCCCCCCCCCCC(C)C)OC(=O)CCCCCCCCCCCC. The highest BCUT2D eigenvalue weighted by Crippen LogP contribution is 2.45. The lowest BCUT2D eigenvalue weighted by Crippen LogP contribution is -2.30. The number of aliphatic hydroxyl groups is 1. The molecule has 540 valence electrons. The minimum atomic E-state index is -4.95. The van der Waals surface area contributed by atoms with Crippen molar-refractivity contribution in [1.29, 1.82) is 0 Å². The Bertz CT molecular complexity index is 1770. The molecule has 3 unspecified atom stereocenters. The zero-order valence-corrected chi connectivity index (χ0v) is 60.9. The maximum atomic E-state index is 13.0. The molecule has 0 heterocycles. The first-order valence-corrected chi connectivity index (χ1v) is 40.5. The van der Waals surface area contributed by atoms with Gasteiger partial charge >= 0.3 is 39.5 Å². The Hall–Kier alpha value is -1.94. The molecule has 91 heavy (non-hydrogen) atoms. The molecule has 0 bridgehead atoms. The van der Waals surface area contributed by atoms with Gasteiger partial charge < -0.3 is 33.8 Å². The van der Waals surface area contributed by atoms with Crippen LogP contribution in [0.1, 0.15) is 369 Å². The second kappa shape index (κ2) is 64.1. The fourth-order valence-corrected chi connectivity index (χ4v) is 12.5. The number of aliphatic hydroxyl groups excluding tert-OH is 1. The van der Waals surface area contributed by atoms with E-state index < -0.39 is 97.5 Å². The maximum absolute atomic E-state index is 13.0. The topological polar surface area (TPSA) is 237 Å². The summed E-state index contributed by atoms with van der Waals surface area (Å²) in [5.41, 5.74) is 0. The van der Waals surface area contributed by atoms with Gasteiger partial charge in [0.15, 0.2) is 12.2 Å². The van der Waals surface area contributed by atoms with Crippen LogP contribution in [-0.2, 0) is 65.4 Å². The fourth-order valence-electron chi connectivity index (χ4n) is 10.9. The molecular formula is C72H140O17P2. The Morgan fingerprint density at radius 1 is 0.319 bits per heavy atom. The first kappa shape index (κ1) is 89.1. The number of hydrogen-bond acceptors (Lipinski definition) is 15. The van der Waals surface area contributed by atoms with Gasteiger partial charge in [0.05, 0.1) is 26.4 Å². The van der Waals surface area contributed by atoms with Crippen LogP contribution in [0.4, 0.5) is 0 Å². The number of carbonyl (C=O) groups is 4. The molecule has 0 saturated heterocycles. The summed E-state index contributed by atoms with van der Waals surface area (Å²) in [6.07, 6.45) is 50.0. The van der Waals surface area contributed by atoms with Crippen molar-refractivity contribution in [3.63, 3.8) is 0 Å². The van der Waals surface area contributed by atoms with Crippen LogP contribution in [-0.4, -0.2) is 96.7 Å². The fraction of sp³-hybridized carbons (Fsp3) is 0.944. The van der Waals surface area contributed by atoms with Crippen molar-refractivity contribution in [3.05, 3.63) is 0 Å².